The smallest absolute Gasteiger partial charge is 0.463 e. The van der Waals surface area contributed by atoms with Gasteiger partial charge in [0.25, 0.3) is 5.56 Å². The number of carbonyl (C=O) groups excluding carboxylic acids is 1. The van der Waals surface area contributed by atoms with Crippen LogP contribution in [0, 0.1) is 6.92 Å². The van der Waals surface area contributed by atoms with E-state index < -0.39 is 63.4 Å². The lowest BCUT2D eigenvalue weighted by molar-refractivity contribution is -0.269. The number of ether oxygens (including phenoxy) is 1. The predicted octanol–water partition coefficient (Wildman–Crippen LogP) is 4.88. The Bertz CT molecular complexity index is 1240. The van der Waals surface area contributed by atoms with Crippen LogP contribution in [0.5, 0.6) is 5.75 Å². The SMILES string of the molecule is Cc1c(C(F)(F)F)ccc2c1C(n1ccccc1=O)=C(NC(=O)C(F)(F)C(F)(F)F)C(C)(C)O2. The van der Waals surface area contributed by atoms with Crippen molar-refractivity contribution < 1.29 is 44.7 Å². The summed E-state index contributed by atoms with van der Waals surface area (Å²) < 4.78 is 113. The molecular weight excluding hydrogens is 480 g/mol. The molecule has 1 aliphatic rings. The average Bonchev–Trinajstić information content (AvgIpc) is 2.67. The van der Waals surface area contributed by atoms with Crippen LogP contribution in [0.3, 0.4) is 0 Å². The lowest BCUT2D eigenvalue weighted by atomic mass is 9.89. The van der Waals surface area contributed by atoms with Crippen LogP contribution in [0.15, 0.2) is 47.0 Å². The molecule has 0 saturated carbocycles. The van der Waals surface area contributed by atoms with Crippen LogP contribution in [0.25, 0.3) is 5.70 Å². The third-order valence-electron chi connectivity index (χ3n) is 5.12. The maximum atomic E-state index is 13.7. The summed E-state index contributed by atoms with van der Waals surface area (Å²) in [6, 6.07) is 5.19. The van der Waals surface area contributed by atoms with Gasteiger partial charge in [0.15, 0.2) is 0 Å². The van der Waals surface area contributed by atoms with Crippen LogP contribution in [0.2, 0.25) is 0 Å². The van der Waals surface area contributed by atoms with E-state index in [1.165, 1.54) is 31.3 Å². The van der Waals surface area contributed by atoms with E-state index >= 15 is 0 Å². The van der Waals surface area contributed by atoms with Crippen LogP contribution >= 0.6 is 0 Å². The molecule has 1 N–H and O–H groups in total. The van der Waals surface area contributed by atoms with E-state index in [2.05, 4.69) is 0 Å². The van der Waals surface area contributed by atoms with E-state index in [0.717, 1.165) is 29.8 Å². The molecule has 0 bridgehead atoms. The van der Waals surface area contributed by atoms with Gasteiger partial charge >= 0.3 is 24.2 Å². The van der Waals surface area contributed by atoms with E-state index in [0.29, 0.717) is 6.07 Å². The molecule has 0 aliphatic carbocycles. The molecule has 0 unspecified atom stereocenters. The Hall–Kier alpha value is -3.38. The van der Waals surface area contributed by atoms with Gasteiger partial charge in [-0.05, 0) is 44.5 Å². The van der Waals surface area contributed by atoms with E-state index in [9.17, 15) is 44.7 Å². The van der Waals surface area contributed by atoms with Crippen LogP contribution in [-0.2, 0) is 11.0 Å². The minimum absolute atomic E-state index is 0.207. The Morgan fingerprint density at radius 1 is 1.00 bits per heavy atom. The second-order valence-electron chi connectivity index (χ2n) is 7.88. The molecule has 1 aromatic carbocycles. The van der Waals surface area contributed by atoms with Crippen molar-refractivity contribution in [3.63, 3.8) is 0 Å². The van der Waals surface area contributed by atoms with Crippen LogP contribution in [-0.4, -0.2) is 28.2 Å². The van der Waals surface area contributed by atoms with Crippen LogP contribution < -0.4 is 15.6 Å². The van der Waals surface area contributed by atoms with Crippen molar-refractivity contribution in [2.24, 2.45) is 0 Å². The number of nitrogens with one attached hydrogen (secondary N) is 1. The highest BCUT2D eigenvalue weighted by molar-refractivity contribution is 5.89. The van der Waals surface area contributed by atoms with Crippen molar-refractivity contribution >= 4 is 11.6 Å². The number of hydrogen-bond donors (Lipinski definition) is 1. The number of pyridine rings is 1. The first-order valence-corrected chi connectivity index (χ1v) is 9.48. The lowest BCUT2D eigenvalue weighted by Gasteiger charge is -2.38. The number of alkyl halides is 8. The number of nitrogens with zero attached hydrogens (tertiary/aromatic N) is 1. The van der Waals surface area contributed by atoms with Crippen molar-refractivity contribution in [1.29, 1.82) is 0 Å². The van der Waals surface area contributed by atoms with Gasteiger partial charge < -0.3 is 10.1 Å². The second-order valence-corrected chi connectivity index (χ2v) is 7.88. The highest BCUT2D eigenvalue weighted by atomic mass is 19.4. The van der Waals surface area contributed by atoms with Gasteiger partial charge in [-0.15, -0.1) is 0 Å². The average molecular weight is 496 g/mol. The number of hydrogen-bond acceptors (Lipinski definition) is 3. The molecule has 1 amide bonds. The van der Waals surface area contributed by atoms with E-state index in [1.807, 2.05) is 0 Å². The normalized spacial score (nSPS) is 16.1. The minimum Gasteiger partial charge on any atom is -0.481 e. The zero-order chi connectivity index (χ0) is 25.9. The van der Waals surface area contributed by atoms with Crippen molar-refractivity contribution in [2.45, 2.75) is 44.6 Å². The Labute approximate surface area is 186 Å². The zero-order valence-corrected chi connectivity index (χ0v) is 17.7. The summed E-state index contributed by atoms with van der Waals surface area (Å²) >= 11 is 0. The summed E-state index contributed by atoms with van der Waals surface area (Å²) in [5, 5.41) is 1.46. The summed E-state index contributed by atoms with van der Waals surface area (Å²) in [6.07, 6.45) is -10.1. The minimum atomic E-state index is -6.25. The van der Waals surface area contributed by atoms with Gasteiger partial charge in [-0.1, -0.05) is 6.07 Å². The summed E-state index contributed by atoms with van der Waals surface area (Å²) in [4.78, 5) is 24.6. The highest BCUT2D eigenvalue weighted by Gasteiger charge is 2.64. The molecule has 0 atom stereocenters. The Kier molecular flexibility index (Phi) is 5.82. The molecule has 184 valence electrons. The highest BCUT2D eigenvalue weighted by Crippen LogP contribution is 2.46. The molecule has 34 heavy (non-hydrogen) atoms. The molecule has 0 radical (unpaired) electrons. The number of amides is 1. The van der Waals surface area contributed by atoms with Crippen molar-refractivity contribution in [2.75, 3.05) is 0 Å². The van der Waals surface area contributed by atoms with Gasteiger partial charge in [0, 0.05) is 17.8 Å². The first kappa shape index (κ1) is 25.2. The van der Waals surface area contributed by atoms with Gasteiger partial charge in [0.2, 0.25) is 0 Å². The van der Waals surface area contributed by atoms with Gasteiger partial charge in [-0.25, -0.2) is 0 Å². The van der Waals surface area contributed by atoms with Crippen molar-refractivity contribution in [3.8, 4) is 5.75 Å². The number of rotatable bonds is 3. The number of carbonyl (C=O) groups is 1. The molecule has 1 aromatic heterocycles. The number of aromatic nitrogens is 1. The van der Waals surface area contributed by atoms with Crippen molar-refractivity contribution in [1.82, 2.24) is 9.88 Å². The first-order valence-electron chi connectivity index (χ1n) is 9.48. The Morgan fingerprint density at radius 2 is 1.62 bits per heavy atom. The van der Waals surface area contributed by atoms with Gasteiger partial charge in [0.1, 0.15) is 11.4 Å². The first-order chi connectivity index (χ1) is 15.4. The number of halogens is 8. The zero-order valence-electron chi connectivity index (χ0n) is 17.7. The van der Waals surface area contributed by atoms with Gasteiger partial charge in [0.05, 0.1) is 17.0 Å². The molecule has 0 fully saturated rings. The molecule has 0 spiro atoms. The maximum Gasteiger partial charge on any atom is 0.463 e. The molecule has 0 saturated heterocycles. The van der Waals surface area contributed by atoms with E-state index in [4.69, 9.17) is 4.74 Å². The number of fused-ring (bicyclic) bond motifs is 1. The largest absolute Gasteiger partial charge is 0.481 e. The molecule has 1 aliphatic heterocycles. The maximum absolute atomic E-state index is 13.7. The predicted molar refractivity (Wildman–Crippen MR) is 103 cm³/mol. The van der Waals surface area contributed by atoms with Gasteiger partial charge in [-0.2, -0.15) is 35.1 Å². The molecule has 2 aromatic rings. The van der Waals surface area contributed by atoms with Crippen LogP contribution in [0.1, 0.15) is 30.5 Å². The second kappa shape index (κ2) is 7.84. The Morgan fingerprint density at radius 3 is 2.15 bits per heavy atom. The molecule has 5 nitrogen and oxygen atoms in total. The monoisotopic (exact) mass is 496 g/mol. The fraction of sp³-hybridized carbons (Fsp3) is 0.333. The Balaban J connectivity index is 2.41. The third-order valence-corrected chi connectivity index (χ3v) is 5.12. The molecule has 3 rings (SSSR count). The summed E-state index contributed by atoms with van der Waals surface area (Å²) in [7, 11) is 0. The summed E-state index contributed by atoms with van der Waals surface area (Å²) in [6.45, 7) is 3.37. The lowest BCUT2D eigenvalue weighted by Crippen LogP contribution is -2.54. The summed E-state index contributed by atoms with van der Waals surface area (Å²) in [5.41, 5.74) is -6.07. The molecule has 2 heterocycles. The third kappa shape index (κ3) is 4.14. The fourth-order valence-corrected chi connectivity index (χ4v) is 3.49. The molecular formula is C21H16F8N2O3. The van der Waals surface area contributed by atoms with Crippen LogP contribution in [0.4, 0.5) is 35.1 Å². The molecule has 13 heteroatoms. The topological polar surface area (TPSA) is 60.3 Å². The van der Waals surface area contributed by atoms with Gasteiger partial charge in [-0.3, -0.25) is 14.2 Å². The van der Waals surface area contributed by atoms with Crippen molar-refractivity contribution in [3.05, 3.63) is 69.3 Å². The van der Waals surface area contributed by atoms with E-state index in [-0.39, 0.29) is 5.75 Å². The van der Waals surface area contributed by atoms with E-state index in [1.54, 1.807) is 0 Å². The quantitative estimate of drug-likeness (QED) is 0.617. The fourth-order valence-electron chi connectivity index (χ4n) is 3.49. The standard InChI is InChI=1S/C21H16F8N2O3/c1-10-11(20(24,25)26)7-8-12-14(10)15(31-9-5-4-6-13(31)32)16(18(2,3)34-12)30-17(33)19(22,23)21(27,28)29/h4-9H,1-3H3,(H,30,33). The number of benzene rings is 1. The summed E-state index contributed by atoms with van der Waals surface area (Å²) in [5.74, 6) is -8.84.